The van der Waals surface area contributed by atoms with Gasteiger partial charge in [-0.2, -0.15) is 5.10 Å². The van der Waals surface area contributed by atoms with Gasteiger partial charge in [-0.1, -0.05) is 17.7 Å². The Labute approximate surface area is 121 Å². The summed E-state index contributed by atoms with van der Waals surface area (Å²) < 4.78 is 1.47. The van der Waals surface area contributed by atoms with Crippen molar-refractivity contribution in [1.82, 2.24) is 9.78 Å². The number of aromatic nitrogens is 2. The first-order valence-electron chi connectivity index (χ1n) is 6.22. The van der Waals surface area contributed by atoms with Gasteiger partial charge in [0.1, 0.15) is 0 Å². The maximum atomic E-state index is 11.2. The lowest BCUT2D eigenvalue weighted by atomic mass is 10.1. The van der Waals surface area contributed by atoms with Crippen molar-refractivity contribution in [1.29, 1.82) is 0 Å². The molecule has 0 saturated carbocycles. The summed E-state index contributed by atoms with van der Waals surface area (Å²) >= 11 is 6.16. The Bertz CT molecular complexity index is 637. The van der Waals surface area contributed by atoms with Gasteiger partial charge in [-0.3, -0.25) is 0 Å². The topological polar surface area (TPSA) is 75.4 Å². The number of hydrogen-bond donors (Lipinski definition) is 2. The van der Waals surface area contributed by atoms with Crippen LogP contribution in [0.5, 0.6) is 0 Å². The Hall–Kier alpha value is -1.85. The molecule has 0 unspecified atom stereocenters. The lowest BCUT2D eigenvalue weighted by molar-refractivity contribution is 0.0688. The van der Waals surface area contributed by atoms with E-state index in [1.165, 1.54) is 4.68 Å². The number of aryl methyl sites for hydroxylation is 2. The van der Waals surface area contributed by atoms with Gasteiger partial charge in [0.15, 0.2) is 5.69 Å². The molecule has 0 spiro atoms. The fourth-order valence-corrected chi connectivity index (χ4v) is 2.28. The molecule has 0 aliphatic heterocycles. The van der Waals surface area contributed by atoms with Gasteiger partial charge in [0, 0.05) is 18.4 Å². The minimum absolute atomic E-state index is 0.00454. The molecule has 0 fully saturated rings. The minimum atomic E-state index is -1.08. The van der Waals surface area contributed by atoms with Crippen LogP contribution in [-0.4, -0.2) is 32.6 Å². The van der Waals surface area contributed by atoms with Gasteiger partial charge < -0.3 is 10.2 Å². The van der Waals surface area contributed by atoms with Gasteiger partial charge in [-0.15, -0.1) is 0 Å². The first-order valence-corrected chi connectivity index (χ1v) is 6.60. The molecule has 0 aliphatic rings. The number of aliphatic hydroxyl groups is 1. The quantitative estimate of drug-likeness (QED) is 0.888. The van der Waals surface area contributed by atoms with Crippen LogP contribution in [0.3, 0.4) is 0 Å². The van der Waals surface area contributed by atoms with E-state index in [9.17, 15) is 4.79 Å². The summed E-state index contributed by atoms with van der Waals surface area (Å²) in [6.45, 7) is 1.93. The average molecular weight is 295 g/mol. The zero-order valence-electron chi connectivity index (χ0n) is 11.0. The largest absolute Gasteiger partial charge is 0.476 e. The first-order chi connectivity index (χ1) is 9.52. The van der Waals surface area contributed by atoms with Crippen molar-refractivity contribution in [2.75, 3.05) is 6.61 Å². The summed E-state index contributed by atoms with van der Waals surface area (Å²) in [6, 6.07) is 5.48. The van der Waals surface area contributed by atoms with Gasteiger partial charge in [-0.25, -0.2) is 9.48 Å². The van der Waals surface area contributed by atoms with E-state index in [0.29, 0.717) is 29.1 Å². The Morgan fingerprint density at radius 2 is 2.20 bits per heavy atom. The van der Waals surface area contributed by atoms with Gasteiger partial charge in [0.25, 0.3) is 0 Å². The molecule has 1 heterocycles. The fourth-order valence-electron chi connectivity index (χ4n) is 1.96. The van der Waals surface area contributed by atoms with Crippen LogP contribution >= 0.6 is 11.6 Å². The molecule has 1 aromatic heterocycles. The van der Waals surface area contributed by atoms with Crippen LogP contribution < -0.4 is 0 Å². The predicted molar refractivity (Wildman–Crippen MR) is 75.7 cm³/mol. The number of rotatable bonds is 5. The van der Waals surface area contributed by atoms with Gasteiger partial charge in [0.2, 0.25) is 0 Å². The van der Waals surface area contributed by atoms with E-state index in [4.69, 9.17) is 21.8 Å². The highest BCUT2D eigenvalue weighted by atomic mass is 35.5. The molecule has 20 heavy (non-hydrogen) atoms. The van der Waals surface area contributed by atoms with E-state index in [2.05, 4.69) is 5.10 Å². The van der Waals surface area contributed by atoms with E-state index >= 15 is 0 Å². The molecule has 0 atom stereocenters. The maximum Gasteiger partial charge on any atom is 0.356 e. The maximum absolute atomic E-state index is 11.2. The van der Waals surface area contributed by atoms with Gasteiger partial charge in [-0.05, 0) is 37.5 Å². The number of hydrogen-bond acceptors (Lipinski definition) is 3. The number of benzene rings is 1. The molecule has 1 aromatic carbocycles. The number of carboxylic acid groups (broad SMARTS) is 1. The molecule has 6 heteroatoms. The molecule has 0 amide bonds. The zero-order valence-corrected chi connectivity index (χ0v) is 11.8. The predicted octanol–water partition coefficient (Wildman–Crippen LogP) is 2.46. The first kappa shape index (κ1) is 14.6. The standard InChI is InChI=1S/C14H15ClN2O3/c1-9-4-5-12(11(15)7-9)17-8-10(3-2-6-18)13(16-17)14(19)20/h4-5,7-8,18H,2-3,6H2,1H3,(H,19,20). The van der Waals surface area contributed by atoms with Crippen LogP contribution in [0, 0.1) is 6.92 Å². The van der Waals surface area contributed by atoms with E-state index in [1.807, 2.05) is 13.0 Å². The van der Waals surface area contributed by atoms with Crippen molar-refractivity contribution < 1.29 is 15.0 Å². The average Bonchev–Trinajstić information content (AvgIpc) is 2.80. The van der Waals surface area contributed by atoms with Crippen molar-refractivity contribution in [3.63, 3.8) is 0 Å². The summed E-state index contributed by atoms with van der Waals surface area (Å²) in [5.41, 5.74) is 2.23. The Morgan fingerprint density at radius 3 is 2.80 bits per heavy atom. The second-order valence-electron chi connectivity index (χ2n) is 4.53. The van der Waals surface area contributed by atoms with Gasteiger partial charge >= 0.3 is 5.97 Å². The van der Waals surface area contributed by atoms with Crippen molar-refractivity contribution in [3.8, 4) is 5.69 Å². The molecular weight excluding hydrogens is 280 g/mol. The third kappa shape index (κ3) is 3.00. The molecule has 0 aliphatic carbocycles. The highest BCUT2D eigenvalue weighted by molar-refractivity contribution is 6.32. The summed E-state index contributed by atoms with van der Waals surface area (Å²) in [5, 5.41) is 22.6. The molecule has 2 aromatic rings. The fraction of sp³-hybridized carbons (Fsp3) is 0.286. The number of carboxylic acids is 1. The molecular formula is C14H15ClN2O3. The molecule has 0 bridgehead atoms. The lowest BCUT2D eigenvalue weighted by Crippen LogP contribution is -2.03. The lowest BCUT2D eigenvalue weighted by Gasteiger charge is -2.04. The third-order valence-electron chi connectivity index (χ3n) is 2.95. The van der Waals surface area contributed by atoms with Crippen LogP contribution in [-0.2, 0) is 6.42 Å². The molecule has 0 saturated heterocycles. The number of nitrogens with zero attached hydrogens (tertiary/aromatic N) is 2. The van der Waals surface area contributed by atoms with E-state index < -0.39 is 5.97 Å². The van der Waals surface area contributed by atoms with Crippen molar-refractivity contribution >= 4 is 17.6 Å². The Balaban J connectivity index is 2.44. The normalized spacial score (nSPS) is 10.8. The van der Waals surface area contributed by atoms with Crippen molar-refractivity contribution in [3.05, 3.63) is 46.2 Å². The summed E-state index contributed by atoms with van der Waals surface area (Å²) in [5.74, 6) is -1.08. The minimum Gasteiger partial charge on any atom is -0.476 e. The monoisotopic (exact) mass is 294 g/mol. The highest BCUT2D eigenvalue weighted by Crippen LogP contribution is 2.23. The van der Waals surface area contributed by atoms with Crippen LogP contribution in [0.4, 0.5) is 0 Å². The van der Waals surface area contributed by atoms with E-state index in [0.717, 1.165) is 5.56 Å². The van der Waals surface area contributed by atoms with Crippen LogP contribution in [0.25, 0.3) is 5.69 Å². The second-order valence-corrected chi connectivity index (χ2v) is 4.94. The second kappa shape index (κ2) is 6.07. The summed E-state index contributed by atoms with van der Waals surface area (Å²) in [6.07, 6.45) is 2.60. The molecule has 2 N–H and O–H groups in total. The molecule has 5 nitrogen and oxygen atoms in total. The van der Waals surface area contributed by atoms with E-state index in [-0.39, 0.29) is 12.3 Å². The molecule has 0 radical (unpaired) electrons. The number of aliphatic hydroxyl groups excluding tert-OH is 1. The van der Waals surface area contributed by atoms with Crippen LogP contribution in [0.15, 0.2) is 24.4 Å². The highest BCUT2D eigenvalue weighted by Gasteiger charge is 2.17. The number of carbonyl (C=O) groups is 1. The molecule has 106 valence electrons. The number of aromatic carboxylic acids is 1. The van der Waals surface area contributed by atoms with Crippen molar-refractivity contribution in [2.24, 2.45) is 0 Å². The van der Waals surface area contributed by atoms with E-state index in [1.54, 1.807) is 18.3 Å². The van der Waals surface area contributed by atoms with Crippen LogP contribution in [0.2, 0.25) is 5.02 Å². The third-order valence-corrected chi connectivity index (χ3v) is 3.25. The summed E-state index contributed by atoms with van der Waals surface area (Å²) in [7, 11) is 0. The number of halogens is 1. The summed E-state index contributed by atoms with van der Waals surface area (Å²) in [4.78, 5) is 11.2. The van der Waals surface area contributed by atoms with Crippen molar-refractivity contribution in [2.45, 2.75) is 19.8 Å². The SMILES string of the molecule is Cc1ccc(-n2cc(CCCO)c(C(=O)O)n2)c(Cl)c1. The van der Waals surface area contributed by atoms with Gasteiger partial charge in [0.05, 0.1) is 10.7 Å². The zero-order chi connectivity index (χ0) is 14.7. The molecule has 2 rings (SSSR count). The smallest absolute Gasteiger partial charge is 0.356 e. The Morgan fingerprint density at radius 1 is 1.45 bits per heavy atom. The van der Waals surface area contributed by atoms with Crippen LogP contribution in [0.1, 0.15) is 28.0 Å². The Kier molecular flexibility index (Phi) is 4.42.